The number of aromatic nitrogens is 1. The molecule has 0 radical (unpaired) electrons. The largest absolute Gasteiger partial charge is 0.465 e. The van der Waals surface area contributed by atoms with Crippen LogP contribution in [0.1, 0.15) is 29.2 Å². The first-order valence-corrected chi connectivity index (χ1v) is 5.49. The average Bonchev–Trinajstić information content (AvgIpc) is 2.29. The smallest absolute Gasteiger partial charge is 0.343 e. The van der Waals surface area contributed by atoms with Crippen LogP contribution in [0.15, 0.2) is 23.1 Å². The number of nitrogens with zero attached hydrogens (tertiary/aromatic N) is 1. The Morgan fingerprint density at radius 2 is 2.12 bits per heavy atom. The molecule has 0 N–H and O–H groups in total. The fourth-order valence-electron chi connectivity index (χ4n) is 2.02. The summed E-state index contributed by atoms with van der Waals surface area (Å²) in [5.41, 5.74) is -0.213. The molecular formula is C12H15NO4. The van der Waals surface area contributed by atoms with E-state index in [-0.39, 0.29) is 23.3 Å². The highest BCUT2D eigenvalue weighted by Crippen LogP contribution is 2.32. The molecule has 5 nitrogen and oxygen atoms in total. The van der Waals surface area contributed by atoms with E-state index in [1.165, 1.54) is 13.2 Å². The lowest BCUT2D eigenvalue weighted by atomic mass is 9.89. The molecule has 2 rings (SSSR count). The number of carbonyl (C=O) groups is 1. The van der Waals surface area contributed by atoms with Crippen molar-refractivity contribution in [2.24, 2.45) is 0 Å². The molecule has 1 aromatic rings. The van der Waals surface area contributed by atoms with Crippen LogP contribution in [0.5, 0.6) is 0 Å². The van der Waals surface area contributed by atoms with E-state index >= 15 is 0 Å². The van der Waals surface area contributed by atoms with Crippen LogP contribution in [0, 0.1) is 0 Å². The summed E-state index contributed by atoms with van der Waals surface area (Å²) in [5.74, 6) is -0.591. The molecule has 1 saturated carbocycles. The number of hydrogen-bond acceptors (Lipinski definition) is 4. The summed E-state index contributed by atoms with van der Waals surface area (Å²) in [7, 11) is 2.93. The lowest BCUT2D eigenvalue weighted by Gasteiger charge is -2.35. The number of hydrogen-bond donors (Lipinski definition) is 0. The summed E-state index contributed by atoms with van der Waals surface area (Å²) in [6, 6.07) is 3.29. The molecule has 0 unspecified atom stereocenters. The van der Waals surface area contributed by atoms with Gasteiger partial charge in [0, 0.05) is 19.3 Å². The molecule has 0 aromatic carbocycles. The highest BCUT2D eigenvalue weighted by Gasteiger charge is 2.31. The molecule has 1 aromatic heterocycles. The molecular weight excluding hydrogens is 222 g/mol. The number of rotatable bonds is 3. The molecule has 17 heavy (non-hydrogen) atoms. The summed E-state index contributed by atoms with van der Waals surface area (Å²) in [4.78, 5) is 23.4. The van der Waals surface area contributed by atoms with Gasteiger partial charge in [0.25, 0.3) is 5.56 Å². The molecule has 1 aliphatic carbocycles. The molecule has 0 bridgehead atoms. The van der Waals surface area contributed by atoms with E-state index in [1.54, 1.807) is 23.9 Å². The fraction of sp³-hybridized carbons (Fsp3) is 0.500. The van der Waals surface area contributed by atoms with Crippen LogP contribution in [0.25, 0.3) is 0 Å². The second-order valence-corrected chi connectivity index (χ2v) is 4.11. The van der Waals surface area contributed by atoms with Gasteiger partial charge in [-0.3, -0.25) is 4.79 Å². The van der Waals surface area contributed by atoms with E-state index in [4.69, 9.17) is 4.74 Å². The zero-order chi connectivity index (χ0) is 12.4. The minimum atomic E-state index is -0.591. The van der Waals surface area contributed by atoms with Crippen molar-refractivity contribution in [3.63, 3.8) is 0 Å². The van der Waals surface area contributed by atoms with Crippen LogP contribution in [0.4, 0.5) is 0 Å². The van der Waals surface area contributed by atoms with Gasteiger partial charge in [0.15, 0.2) is 0 Å². The maximum Gasteiger partial charge on any atom is 0.343 e. The lowest BCUT2D eigenvalue weighted by Crippen LogP contribution is -2.39. The van der Waals surface area contributed by atoms with Crippen LogP contribution in [0.3, 0.4) is 0 Å². The molecule has 5 heteroatoms. The number of methoxy groups -OCH3 is 2. The third-order valence-corrected chi connectivity index (χ3v) is 3.18. The van der Waals surface area contributed by atoms with Gasteiger partial charge in [-0.1, -0.05) is 0 Å². The number of pyridine rings is 1. The summed E-state index contributed by atoms with van der Waals surface area (Å²) < 4.78 is 11.3. The van der Waals surface area contributed by atoms with Crippen molar-refractivity contribution in [3.05, 3.63) is 34.2 Å². The Labute approximate surface area is 99.0 Å². The van der Waals surface area contributed by atoms with Crippen LogP contribution >= 0.6 is 0 Å². The Hall–Kier alpha value is -1.62. The quantitative estimate of drug-likeness (QED) is 0.735. The van der Waals surface area contributed by atoms with Gasteiger partial charge in [0.1, 0.15) is 5.56 Å². The van der Waals surface area contributed by atoms with Gasteiger partial charge in [0.05, 0.1) is 13.2 Å². The van der Waals surface area contributed by atoms with Crippen molar-refractivity contribution >= 4 is 5.97 Å². The van der Waals surface area contributed by atoms with E-state index < -0.39 is 5.97 Å². The maximum absolute atomic E-state index is 12.0. The van der Waals surface area contributed by atoms with Crippen molar-refractivity contribution in [2.45, 2.75) is 25.0 Å². The minimum Gasteiger partial charge on any atom is -0.465 e. The monoisotopic (exact) mass is 237 g/mol. The van der Waals surface area contributed by atoms with Crippen LogP contribution in [0.2, 0.25) is 0 Å². The molecule has 0 atom stereocenters. The molecule has 0 amide bonds. The van der Waals surface area contributed by atoms with Crippen LogP contribution in [-0.2, 0) is 9.47 Å². The second-order valence-electron chi connectivity index (χ2n) is 4.11. The fourth-order valence-corrected chi connectivity index (χ4v) is 2.02. The van der Waals surface area contributed by atoms with Crippen LogP contribution in [-0.4, -0.2) is 30.9 Å². The van der Waals surface area contributed by atoms with E-state index in [1.807, 2.05) is 0 Å². The number of carbonyl (C=O) groups excluding carboxylic acids is 1. The van der Waals surface area contributed by atoms with Crippen molar-refractivity contribution in [3.8, 4) is 0 Å². The van der Waals surface area contributed by atoms with Crippen molar-refractivity contribution in [1.29, 1.82) is 0 Å². The lowest BCUT2D eigenvalue weighted by molar-refractivity contribution is 0.00503. The van der Waals surface area contributed by atoms with E-state index in [2.05, 4.69) is 4.74 Å². The SMILES string of the molecule is COC(=O)c1cccn(C2CC(OC)C2)c1=O. The standard InChI is InChI=1S/C12H15NO4/c1-16-9-6-8(7-9)13-5-3-4-10(11(13)14)12(15)17-2/h3-5,8-9H,6-7H2,1-2H3. The molecule has 0 saturated heterocycles. The first kappa shape index (κ1) is 11.9. The second kappa shape index (κ2) is 4.71. The highest BCUT2D eigenvalue weighted by molar-refractivity contribution is 5.88. The minimum absolute atomic E-state index is 0.0795. The first-order valence-electron chi connectivity index (χ1n) is 5.49. The Balaban J connectivity index is 2.25. The van der Waals surface area contributed by atoms with Crippen molar-refractivity contribution in [2.75, 3.05) is 14.2 Å². The Morgan fingerprint density at radius 1 is 1.41 bits per heavy atom. The molecule has 92 valence electrons. The Bertz CT molecular complexity index is 474. The summed E-state index contributed by atoms with van der Waals surface area (Å²) in [6.07, 6.45) is 3.53. The zero-order valence-corrected chi connectivity index (χ0v) is 9.88. The average molecular weight is 237 g/mol. The van der Waals surface area contributed by atoms with Gasteiger partial charge in [-0.2, -0.15) is 0 Å². The molecule has 1 heterocycles. The molecule has 1 fully saturated rings. The topological polar surface area (TPSA) is 57.5 Å². The van der Waals surface area contributed by atoms with E-state index in [0.29, 0.717) is 0 Å². The van der Waals surface area contributed by atoms with Gasteiger partial charge in [-0.15, -0.1) is 0 Å². The normalized spacial score (nSPS) is 22.9. The first-order chi connectivity index (χ1) is 8.17. The molecule has 1 aliphatic rings. The highest BCUT2D eigenvalue weighted by atomic mass is 16.5. The number of esters is 1. The van der Waals surface area contributed by atoms with Gasteiger partial charge in [-0.25, -0.2) is 4.79 Å². The molecule has 0 spiro atoms. The van der Waals surface area contributed by atoms with Crippen molar-refractivity contribution < 1.29 is 14.3 Å². The Morgan fingerprint density at radius 3 is 2.71 bits per heavy atom. The summed E-state index contributed by atoms with van der Waals surface area (Å²) in [5, 5.41) is 0. The third-order valence-electron chi connectivity index (χ3n) is 3.18. The zero-order valence-electron chi connectivity index (χ0n) is 9.88. The summed E-state index contributed by atoms with van der Waals surface area (Å²) >= 11 is 0. The summed E-state index contributed by atoms with van der Waals surface area (Å²) in [6.45, 7) is 0. The van der Waals surface area contributed by atoms with Crippen LogP contribution < -0.4 is 5.56 Å². The Kier molecular flexibility index (Phi) is 3.28. The predicted octanol–water partition coefficient (Wildman–Crippen LogP) is 0.985. The maximum atomic E-state index is 12.0. The van der Waals surface area contributed by atoms with Gasteiger partial charge in [0.2, 0.25) is 0 Å². The predicted molar refractivity (Wildman–Crippen MR) is 61.1 cm³/mol. The van der Waals surface area contributed by atoms with Gasteiger partial charge in [-0.05, 0) is 25.0 Å². The van der Waals surface area contributed by atoms with E-state index in [9.17, 15) is 9.59 Å². The van der Waals surface area contributed by atoms with E-state index in [0.717, 1.165) is 12.8 Å². The third kappa shape index (κ3) is 2.10. The molecule has 0 aliphatic heterocycles. The van der Waals surface area contributed by atoms with Gasteiger partial charge >= 0.3 is 5.97 Å². The van der Waals surface area contributed by atoms with Gasteiger partial charge < -0.3 is 14.0 Å². The number of ether oxygens (including phenoxy) is 2. The van der Waals surface area contributed by atoms with Crippen molar-refractivity contribution in [1.82, 2.24) is 4.57 Å².